The average molecular weight is 156 g/mol. The van der Waals surface area contributed by atoms with Crippen molar-refractivity contribution in [2.24, 2.45) is 0 Å². The Kier molecular flexibility index (Phi) is 21.1. The van der Waals surface area contributed by atoms with E-state index in [0.29, 0.717) is 0 Å². The summed E-state index contributed by atoms with van der Waals surface area (Å²) in [7, 11) is 0. The fraction of sp³-hybridized carbons (Fsp3) is 0.400. The van der Waals surface area contributed by atoms with Gasteiger partial charge in [-0.3, -0.25) is 4.79 Å². The molecule has 0 saturated heterocycles. The standard InChI is InChI=1S/C3H4O3.C2H5.K/c1-2(4)3(5)6;1-2;/h1H3,(H,5,6);1H2,2H3;/q;-1;+1. The van der Waals surface area contributed by atoms with Crippen LogP contribution in [0.15, 0.2) is 0 Å². The number of hydrogen-bond acceptors (Lipinski definition) is 2. The zero-order valence-corrected chi connectivity index (χ0v) is 9.09. The molecule has 0 aliphatic heterocycles. The Balaban J connectivity index is -0.000000109. The maximum Gasteiger partial charge on any atom is 1.00 e. The minimum absolute atomic E-state index is 0. The number of aliphatic carboxylic acids is 1. The molecule has 0 aliphatic rings. The van der Waals surface area contributed by atoms with E-state index in [1.807, 2.05) is 0 Å². The molecule has 0 aromatic carbocycles. The van der Waals surface area contributed by atoms with Crippen LogP contribution in [-0.2, 0) is 9.59 Å². The zero-order chi connectivity index (χ0) is 7.15. The van der Waals surface area contributed by atoms with Crippen LogP contribution in [0.5, 0.6) is 0 Å². The van der Waals surface area contributed by atoms with E-state index >= 15 is 0 Å². The van der Waals surface area contributed by atoms with Crippen LogP contribution >= 0.6 is 0 Å². The van der Waals surface area contributed by atoms with Crippen molar-refractivity contribution in [3.63, 3.8) is 0 Å². The number of carbonyl (C=O) groups excluding carboxylic acids is 1. The third kappa shape index (κ3) is 17.7. The maximum atomic E-state index is 9.54. The van der Waals surface area contributed by atoms with Gasteiger partial charge in [-0.25, -0.2) is 4.79 Å². The summed E-state index contributed by atoms with van der Waals surface area (Å²) in [6, 6.07) is 0. The number of hydrogen-bond donors (Lipinski definition) is 1. The van der Waals surface area contributed by atoms with Crippen molar-refractivity contribution >= 4 is 11.8 Å². The normalized spacial score (nSPS) is 5.67. The Morgan fingerprint density at radius 3 is 1.44 bits per heavy atom. The van der Waals surface area contributed by atoms with Crippen LogP contribution < -0.4 is 51.4 Å². The topological polar surface area (TPSA) is 54.4 Å². The summed E-state index contributed by atoms with van der Waals surface area (Å²) in [4.78, 5) is 18.9. The van der Waals surface area contributed by atoms with Crippen LogP contribution in [0.4, 0.5) is 0 Å². The largest absolute Gasteiger partial charge is 1.00 e. The molecule has 0 bridgehead atoms. The first-order chi connectivity index (χ1) is 3.64. The van der Waals surface area contributed by atoms with Crippen LogP contribution in [0.3, 0.4) is 0 Å². The van der Waals surface area contributed by atoms with Gasteiger partial charge in [0.05, 0.1) is 0 Å². The molecule has 0 fully saturated rings. The van der Waals surface area contributed by atoms with Gasteiger partial charge in [0.1, 0.15) is 0 Å². The van der Waals surface area contributed by atoms with Crippen molar-refractivity contribution in [1.82, 2.24) is 0 Å². The predicted molar refractivity (Wildman–Crippen MR) is 29.3 cm³/mol. The Bertz CT molecular complexity index is 78.2. The fourth-order valence-electron chi connectivity index (χ4n) is 0. The first-order valence-corrected chi connectivity index (χ1v) is 2.09. The quantitative estimate of drug-likeness (QED) is 0.259. The molecule has 0 aromatic rings. The maximum absolute atomic E-state index is 9.54. The van der Waals surface area contributed by atoms with E-state index in [4.69, 9.17) is 5.11 Å². The van der Waals surface area contributed by atoms with Gasteiger partial charge < -0.3 is 12.0 Å². The third-order valence-electron chi connectivity index (χ3n) is 0.301. The fourth-order valence-corrected chi connectivity index (χ4v) is 0. The van der Waals surface area contributed by atoms with E-state index in [1.165, 1.54) is 0 Å². The van der Waals surface area contributed by atoms with Gasteiger partial charge in [-0.1, -0.05) is 0 Å². The Labute approximate surface area is 97.2 Å². The minimum atomic E-state index is -1.38. The van der Waals surface area contributed by atoms with Crippen LogP contribution in [0.25, 0.3) is 0 Å². The van der Waals surface area contributed by atoms with Gasteiger partial charge in [-0.2, -0.15) is 6.92 Å². The summed E-state index contributed by atoms with van der Waals surface area (Å²) >= 11 is 0. The summed E-state index contributed by atoms with van der Waals surface area (Å²) in [5, 5.41) is 7.64. The predicted octanol–water partition coefficient (Wildman–Crippen LogP) is -2.50. The van der Waals surface area contributed by atoms with Crippen molar-refractivity contribution < 1.29 is 66.1 Å². The van der Waals surface area contributed by atoms with Crippen LogP contribution in [-0.4, -0.2) is 16.9 Å². The molecule has 0 aliphatic carbocycles. The van der Waals surface area contributed by atoms with Gasteiger partial charge in [-0.15, -0.1) is 0 Å². The van der Waals surface area contributed by atoms with Gasteiger partial charge in [0, 0.05) is 6.92 Å². The summed E-state index contributed by atoms with van der Waals surface area (Å²) in [5.74, 6) is -2.20. The molecule has 0 amide bonds. The molecule has 1 N–H and O–H groups in total. The van der Waals surface area contributed by atoms with Crippen LogP contribution in [0.1, 0.15) is 13.8 Å². The van der Waals surface area contributed by atoms with Crippen molar-refractivity contribution in [3.8, 4) is 0 Å². The van der Waals surface area contributed by atoms with Crippen molar-refractivity contribution in [2.45, 2.75) is 13.8 Å². The minimum Gasteiger partial charge on any atom is -0.476 e. The van der Waals surface area contributed by atoms with Crippen LogP contribution in [0.2, 0.25) is 0 Å². The Morgan fingerprint density at radius 1 is 1.33 bits per heavy atom. The monoisotopic (exact) mass is 156 g/mol. The number of carboxylic acid groups (broad SMARTS) is 1. The van der Waals surface area contributed by atoms with Gasteiger partial charge >= 0.3 is 57.4 Å². The summed E-state index contributed by atoms with van der Waals surface area (Å²) < 4.78 is 0. The molecule has 0 heterocycles. The molecule has 9 heavy (non-hydrogen) atoms. The van der Waals surface area contributed by atoms with E-state index in [2.05, 4.69) is 6.92 Å². The molecule has 0 rings (SSSR count). The van der Waals surface area contributed by atoms with Crippen LogP contribution in [0, 0.1) is 6.92 Å². The van der Waals surface area contributed by atoms with Crippen molar-refractivity contribution in [3.05, 3.63) is 6.92 Å². The van der Waals surface area contributed by atoms with E-state index in [1.54, 1.807) is 6.92 Å². The second kappa shape index (κ2) is 11.6. The molecule has 0 radical (unpaired) electrons. The summed E-state index contributed by atoms with van der Waals surface area (Å²) in [6.45, 7) is 6.00. The molecule has 3 nitrogen and oxygen atoms in total. The number of Topliss-reactive ketones (excluding diaryl/α,β-unsaturated/α-hetero) is 1. The van der Waals surface area contributed by atoms with Crippen molar-refractivity contribution in [1.29, 1.82) is 0 Å². The molecular formula is C5H9KO3. The van der Waals surface area contributed by atoms with Gasteiger partial charge in [0.25, 0.3) is 0 Å². The molecule has 0 unspecified atom stereocenters. The SMILES string of the molecule is CC(=O)C(=O)O.[CH2-]C.[K+]. The number of carbonyl (C=O) groups is 2. The van der Waals surface area contributed by atoms with E-state index in [-0.39, 0.29) is 51.4 Å². The second-order valence-corrected chi connectivity index (χ2v) is 0.861. The molecular weight excluding hydrogens is 147 g/mol. The molecule has 0 aromatic heterocycles. The molecule has 0 spiro atoms. The number of ketones is 1. The summed E-state index contributed by atoms with van der Waals surface area (Å²) in [6.07, 6.45) is 0. The van der Waals surface area contributed by atoms with E-state index in [0.717, 1.165) is 6.92 Å². The van der Waals surface area contributed by atoms with Crippen molar-refractivity contribution in [2.75, 3.05) is 0 Å². The molecule has 0 saturated carbocycles. The summed E-state index contributed by atoms with van der Waals surface area (Å²) in [5.41, 5.74) is 0. The number of carboxylic acids is 1. The smallest absolute Gasteiger partial charge is 0.476 e. The second-order valence-electron chi connectivity index (χ2n) is 0.861. The molecule has 4 heteroatoms. The van der Waals surface area contributed by atoms with Gasteiger partial charge in [0.15, 0.2) is 0 Å². The van der Waals surface area contributed by atoms with E-state index < -0.39 is 11.8 Å². The van der Waals surface area contributed by atoms with Gasteiger partial charge in [0.2, 0.25) is 5.78 Å². The number of rotatable bonds is 1. The van der Waals surface area contributed by atoms with Gasteiger partial charge in [-0.05, 0) is 0 Å². The Morgan fingerprint density at radius 2 is 1.44 bits per heavy atom. The zero-order valence-electron chi connectivity index (χ0n) is 5.97. The van der Waals surface area contributed by atoms with E-state index in [9.17, 15) is 9.59 Å². The first kappa shape index (κ1) is 16.4. The average Bonchev–Trinajstić information content (AvgIpc) is 1.72. The molecule has 0 atom stereocenters. The Hall–Kier alpha value is 0.776. The third-order valence-corrected chi connectivity index (χ3v) is 0.301. The molecule has 48 valence electrons. The first-order valence-electron chi connectivity index (χ1n) is 2.09.